The summed E-state index contributed by atoms with van der Waals surface area (Å²) in [5.41, 5.74) is 2.72. The van der Waals surface area contributed by atoms with Gasteiger partial charge in [-0.15, -0.1) is 32.9 Å². The second-order valence-electron chi connectivity index (χ2n) is 6.29. The number of rotatable bonds is 3. The fourth-order valence-electron chi connectivity index (χ4n) is 3.51. The fourth-order valence-corrected chi connectivity index (χ4v) is 5.27. The summed E-state index contributed by atoms with van der Waals surface area (Å²) in [5, 5.41) is 11.8. The minimum Gasteiger partial charge on any atom is -0.423 e. The lowest BCUT2D eigenvalue weighted by molar-refractivity contribution is 0.0699. The smallest absolute Gasteiger partial charge is 0.254 e. The van der Waals surface area contributed by atoms with Gasteiger partial charge in [0.15, 0.2) is 0 Å². The fraction of sp³-hybridized carbons (Fsp3) is 0.150. The van der Waals surface area contributed by atoms with Crippen LogP contribution >= 0.6 is 22.7 Å². The normalized spacial score (nSPS) is 16.3. The number of aromatic nitrogens is 2. The maximum atomic E-state index is 13.3. The van der Waals surface area contributed by atoms with Crippen molar-refractivity contribution in [2.75, 3.05) is 6.54 Å². The Morgan fingerprint density at radius 3 is 2.74 bits per heavy atom. The molecule has 3 aromatic heterocycles. The van der Waals surface area contributed by atoms with Gasteiger partial charge in [-0.3, -0.25) is 4.79 Å². The molecule has 0 spiro atoms. The Kier molecular flexibility index (Phi) is 4.10. The van der Waals surface area contributed by atoms with Crippen molar-refractivity contribution in [1.29, 1.82) is 0 Å². The first-order valence-electron chi connectivity index (χ1n) is 8.58. The number of amides is 1. The summed E-state index contributed by atoms with van der Waals surface area (Å²) in [4.78, 5) is 17.9. The van der Waals surface area contributed by atoms with Crippen molar-refractivity contribution in [1.82, 2.24) is 15.1 Å². The molecule has 0 saturated heterocycles. The third kappa shape index (κ3) is 2.89. The number of hydrogen-bond acceptors (Lipinski definition) is 6. The van der Waals surface area contributed by atoms with E-state index in [2.05, 4.69) is 33.1 Å². The molecule has 0 unspecified atom stereocenters. The number of nitrogens with zero attached hydrogens (tertiary/aromatic N) is 3. The SMILES string of the molecule is O=C(c1ccc(-c2nnco2)cc1)N1CCc2sccc2[C@H]1c1cccs1. The molecule has 4 heterocycles. The monoisotopic (exact) mass is 393 g/mol. The highest BCUT2D eigenvalue weighted by Gasteiger charge is 2.33. The van der Waals surface area contributed by atoms with Crippen LogP contribution in [-0.4, -0.2) is 27.5 Å². The largest absolute Gasteiger partial charge is 0.423 e. The summed E-state index contributed by atoms with van der Waals surface area (Å²) < 4.78 is 5.22. The Labute approximate surface area is 163 Å². The number of benzene rings is 1. The Morgan fingerprint density at radius 1 is 1.11 bits per heavy atom. The lowest BCUT2D eigenvalue weighted by Gasteiger charge is -2.35. The number of carbonyl (C=O) groups is 1. The van der Waals surface area contributed by atoms with E-state index in [1.165, 1.54) is 21.7 Å². The first-order chi connectivity index (χ1) is 13.3. The van der Waals surface area contributed by atoms with Crippen molar-refractivity contribution in [2.24, 2.45) is 0 Å². The van der Waals surface area contributed by atoms with Gasteiger partial charge in [-0.2, -0.15) is 0 Å². The summed E-state index contributed by atoms with van der Waals surface area (Å²) in [5.74, 6) is 0.494. The molecule has 0 N–H and O–H groups in total. The summed E-state index contributed by atoms with van der Waals surface area (Å²) in [6.07, 6.45) is 2.20. The van der Waals surface area contributed by atoms with Crippen LogP contribution in [0.5, 0.6) is 0 Å². The molecule has 27 heavy (non-hydrogen) atoms. The van der Waals surface area contributed by atoms with Crippen molar-refractivity contribution in [2.45, 2.75) is 12.5 Å². The van der Waals surface area contributed by atoms with Crippen LogP contribution in [0.25, 0.3) is 11.5 Å². The average molecular weight is 393 g/mol. The molecule has 7 heteroatoms. The second kappa shape index (κ2) is 6.75. The van der Waals surface area contributed by atoms with Gasteiger partial charge in [0.1, 0.15) is 0 Å². The van der Waals surface area contributed by atoms with Gasteiger partial charge in [0.05, 0.1) is 6.04 Å². The van der Waals surface area contributed by atoms with E-state index in [1.54, 1.807) is 22.7 Å². The third-order valence-electron chi connectivity index (χ3n) is 4.78. The molecule has 134 valence electrons. The van der Waals surface area contributed by atoms with E-state index in [-0.39, 0.29) is 11.9 Å². The molecule has 0 fully saturated rings. The number of thiophene rings is 2. The molecule has 1 aromatic carbocycles. The molecule has 5 rings (SSSR count). The maximum Gasteiger partial charge on any atom is 0.254 e. The lowest BCUT2D eigenvalue weighted by Crippen LogP contribution is -2.39. The standard InChI is InChI=1S/C20H15N3O2S2/c24-20(14-5-3-13(4-6-14)19-22-21-12-25-19)23-9-7-16-15(8-11-27-16)18(23)17-2-1-10-26-17/h1-6,8,10-12,18H,7,9H2/t18-/m0/s1. The zero-order valence-electron chi connectivity index (χ0n) is 14.2. The minimum absolute atomic E-state index is 0.0110. The van der Waals surface area contributed by atoms with Crippen LogP contribution in [-0.2, 0) is 6.42 Å². The van der Waals surface area contributed by atoms with Crippen LogP contribution < -0.4 is 0 Å². The Hall–Kier alpha value is -2.77. The highest BCUT2D eigenvalue weighted by Crippen LogP contribution is 2.40. The quantitative estimate of drug-likeness (QED) is 0.508. The van der Waals surface area contributed by atoms with E-state index < -0.39 is 0 Å². The van der Waals surface area contributed by atoms with E-state index in [1.807, 2.05) is 35.2 Å². The molecule has 5 nitrogen and oxygen atoms in total. The van der Waals surface area contributed by atoms with Gasteiger partial charge in [0.25, 0.3) is 5.91 Å². The topological polar surface area (TPSA) is 59.2 Å². The maximum absolute atomic E-state index is 13.3. The van der Waals surface area contributed by atoms with Crippen LogP contribution in [0.4, 0.5) is 0 Å². The van der Waals surface area contributed by atoms with Crippen molar-refractivity contribution in [3.05, 3.63) is 80.5 Å². The van der Waals surface area contributed by atoms with Crippen molar-refractivity contribution in [3.8, 4) is 11.5 Å². The predicted octanol–water partition coefficient (Wildman–Crippen LogP) is 4.65. The first-order valence-corrected chi connectivity index (χ1v) is 10.3. The van der Waals surface area contributed by atoms with Gasteiger partial charge in [0.2, 0.25) is 12.3 Å². The summed E-state index contributed by atoms with van der Waals surface area (Å²) >= 11 is 3.48. The van der Waals surface area contributed by atoms with E-state index >= 15 is 0 Å². The molecular formula is C20H15N3O2S2. The third-order valence-corrected chi connectivity index (χ3v) is 6.70. The molecule has 0 bridgehead atoms. The molecule has 1 aliphatic rings. The van der Waals surface area contributed by atoms with Gasteiger partial charge >= 0.3 is 0 Å². The zero-order valence-corrected chi connectivity index (χ0v) is 15.9. The highest BCUT2D eigenvalue weighted by molar-refractivity contribution is 7.10. The lowest BCUT2D eigenvalue weighted by atomic mass is 9.97. The first kappa shape index (κ1) is 16.4. The Balaban J connectivity index is 1.48. The van der Waals surface area contributed by atoms with Gasteiger partial charge in [0, 0.05) is 27.4 Å². The van der Waals surface area contributed by atoms with Crippen molar-refractivity contribution in [3.63, 3.8) is 0 Å². The minimum atomic E-state index is -0.0110. The van der Waals surface area contributed by atoms with Crippen molar-refractivity contribution < 1.29 is 9.21 Å². The van der Waals surface area contributed by atoms with E-state index in [4.69, 9.17) is 4.42 Å². The molecule has 0 saturated carbocycles. The van der Waals surface area contributed by atoms with Gasteiger partial charge in [-0.25, -0.2) is 0 Å². The molecule has 1 atom stereocenters. The molecule has 1 aliphatic heterocycles. The van der Waals surface area contributed by atoms with E-state index in [9.17, 15) is 4.79 Å². The van der Waals surface area contributed by atoms with Crippen LogP contribution in [0, 0.1) is 0 Å². The zero-order chi connectivity index (χ0) is 18.2. The molecular weight excluding hydrogens is 378 g/mol. The van der Waals surface area contributed by atoms with E-state index in [0.29, 0.717) is 11.5 Å². The Bertz CT molecular complexity index is 1050. The summed E-state index contributed by atoms with van der Waals surface area (Å²) in [7, 11) is 0. The van der Waals surface area contributed by atoms with Gasteiger partial charge < -0.3 is 9.32 Å². The molecule has 0 radical (unpaired) electrons. The predicted molar refractivity (Wildman–Crippen MR) is 105 cm³/mol. The number of hydrogen-bond donors (Lipinski definition) is 0. The molecule has 1 amide bonds. The van der Waals surface area contributed by atoms with E-state index in [0.717, 1.165) is 18.5 Å². The van der Waals surface area contributed by atoms with Gasteiger partial charge in [-0.1, -0.05) is 6.07 Å². The number of carbonyl (C=O) groups excluding carboxylic acids is 1. The van der Waals surface area contributed by atoms with Crippen molar-refractivity contribution >= 4 is 28.6 Å². The molecule has 4 aromatic rings. The van der Waals surface area contributed by atoms with Crippen LogP contribution in [0.15, 0.2) is 64.0 Å². The summed E-state index contributed by atoms with van der Waals surface area (Å²) in [6, 6.07) is 13.7. The summed E-state index contributed by atoms with van der Waals surface area (Å²) in [6.45, 7) is 0.723. The van der Waals surface area contributed by atoms with Gasteiger partial charge in [-0.05, 0) is 59.1 Å². The van der Waals surface area contributed by atoms with Crippen LogP contribution in [0.3, 0.4) is 0 Å². The average Bonchev–Trinajstić information content (AvgIpc) is 3.49. The highest BCUT2D eigenvalue weighted by atomic mass is 32.1. The van der Waals surface area contributed by atoms with Crippen LogP contribution in [0.1, 0.15) is 31.7 Å². The number of fused-ring (bicyclic) bond motifs is 1. The second-order valence-corrected chi connectivity index (χ2v) is 8.27. The Morgan fingerprint density at radius 2 is 2.00 bits per heavy atom. The van der Waals surface area contributed by atoms with Crippen LogP contribution in [0.2, 0.25) is 0 Å². The molecule has 0 aliphatic carbocycles.